The third-order valence-corrected chi connectivity index (χ3v) is 4.84. The molecule has 4 aromatic heterocycles. The topological polar surface area (TPSA) is 95.6 Å². The minimum atomic E-state index is -0.460. The van der Waals surface area contributed by atoms with Crippen molar-refractivity contribution in [3.05, 3.63) is 82.5 Å². The highest BCUT2D eigenvalue weighted by molar-refractivity contribution is 5.92. The molecular weight excluding hydrogens is 364 g/mol. The summed E-state index contributed by atoms with van der Waals surface area (Å²) in [7, 11) is 0. The maximum Gasteiger partial charge on any atom is 0.267 e. The Morgan fingerprint density at radius 3 is 2.76 bits per heavy atom. The summed E-state index contributed by atoms with van der Waals surface area (Å²) in [5.74, 6) is 1.37. The Labute approximate surface area is 165 Å². The molecule has 0 amide bonds. The Morgan fingerprint density at radius 2 is 1.97 bits per heavy atom. The van der Waals surface area contributed by atoms with E-state index in [0.29, 0.717) is 22.5 Å². The van der Waals surface area contributed by atoms with Gasteiger partial charge >= 0.3 is 0 Å². The maximum atomic E-state index is 12.1. The first-order chi connectivity index (χ1) is 14.1. The van der Waals surface area contributed by atoms with E-state index in [1.54, 1.807) is 12.3 Å². The van der Waals surface area contributed by atoms with Gasteiger partial charge in [-0.2, -0.15) is 5.26 Å². The van der Waals surface area contributed by atoms with Crippen molar-refractivity contribution in [2.45, 2.75) is 6.92 Å². The molecule has 1 aromatic carbocycles. The molecule has 0 aliphatic heterocycles. The van der Waals surface area contributed by atoms with Crippen LogP contribution >= 0.6 is 0 Å². The Balaban J connectivity index is 1.84. The molecule has 0 aliphatic rings. The summed E-state index contributed by atoms with van der Waals surface area (Å²) in [4.78, 5) is 23.8. The van der Waals surface area contributed by atoms with Crippen molar-refractivity contribution in [3.8, 4) is 28.7 Å². The molecule has 5 aromatic rings. The largest absolute Gasteiger partial charge is 0.460 e. The Bertz CT molecular complexity index is 1510. The lowest BCUT2D eigenvalue weighted by molar-refractivity contribution is 0.547. The minimum Gasteiger partial charge on any atom is -0.460 e. The lowest BCUT2D eigenvalue weighted by atomic mass is 9.99. The van der Waals surface area contributed by atoms with E-state index in [2.05, 4.69) is 15.0 Å². The highest BCUT2D eigenvalue weighted by atomic mass is 16.3. The number of hydrogen-bond donors (Lipinski definition) is 1. The van der Waals surface area contributed by atoms with Crippen molar-refractivity contribution in [1.82, 2.24) is 15.0 Å². The van der Waals surface area contributed by atoms with Crippen molar-refractivity contribution >= 4 is 21.9 Å². The average molecular weight is 378 g/mol. The van der Waals surface area contributed by atoms with Crippen LogP contribution in [-0.2, 0) is 0 Å². The van der Waals surface area contributed by atoms with Crippen LogP contribution in [0.15, 0.2) is 70.0 Å². The van der Waals surface area contributed by atoms with Crippen molar-refractivity contribution in [2.24, 2.45) is 0 Å². The van der Waals surface area contributed by atoms with Crippen molar-refractivity contribution in [3.63, 3.8) is 0 Å². The van der Waals surface area contributed by atoms with Crippen molar-refractivity contribution < 1.29 is 4.42 Å². The first-order valence-corrected chi connectivity index (χ1v) is 9.02. The van der Waals surface area contributed by atoms with Gasteiger partial charge in [0.25, 0.3) is 5.56 Å². The van der Waals surface area contributed by atoms with Gasteiger partial charge in [0, 0.05) is 22.5 Å². The Hall–Kier alpha value is -4.24. The normalized spacial score (nSPS) is 11.0. The summed E-state index contributed by atoms with van der Waals surface area (Å²) in [6.07, 6.45) is 1.76. The number of fused-ring (bicyclic) bond motifs is 2. The van der Waals surface area contributed by atoms with Crippen LogP contribution in [0.3, 0.4) is 0 Å². The fourth-order valence-corrected chi connectivity index (χ4v) is 3.43. The third kappa shape index (κ3) is 2.86. The Morgan fingerprint density at radius 1 is 1.07 bits per heavy atom. The lowest BCUT2D eigenvalue weighted by Gasteiger charge is -2.10. The number of pyridine rings is 3. The van der Waals surface area contributed by atoms with Gasteiger partial charge in [0.2, 0.25) is 0 Å². The van der Waals surface area contributed by atoms with Gasteiger partial charge in [-0.1, -0.05) is 12.1 Å². The van der Waals surface area contributed by atoms with Gasteiger partial charge in [0.15, 0.2) is 5.76 Å². The third-order valence-electron chi connectivity index (χ3n) is 4.84. The van der Waals surface area contributed by atoms with Crippen LogP contribution in [0, 0.1) is 18.3 Å². The number of rotatable bonds is 2. The summed E-state index contributed by atoms with van der Waals surface area (Å²) in [5, 5.41) is 10.9. The monoisotopic (exact) mass is 378 g/mol. The van der Waals surface area contributed by atoms with E-state index in [-0.39, 0.29) is 5.56 Å². The smallest absolute Gasteiger partial charge is 0.267 e. The zero-order chi connectivity index (χ0) is 20.0. The van der Waals surface area contributed by atoms with E-state index < -0.39 is 5.56 Å². The van der Waals surface area contributed by atoms with Crippen LogP contribution < -0.4 is 5.56 Å². The molecule has 0 aliphatic carbocycles. The molecule has 5 rings (SSSR count). The van der Waals surface area contributed by atoms with Crippen LogP contribution in [0.25, 0.3) is 44.5 Å². The van der Waals surface area contributed by atoms with Gasteiger partial charge in [-0.05, 0) is 55.0 Å². The van der Waals surface area contributed by atoms with E-state index in [1.165, 1.54) is 0 Å². The van der Waals surface area contributed by atoms with Gasteiger partial charge < -0.3 is 9.40 Å². The van der Waals surface area contributed by atoms with E-state index >= 15 is 0 Å². The predicted molar refractivity (Wildman–Crippen MR) is 110 cm³/mol. The van der Waals surface area contributed by atoms with Crippen LogP contribution in [0.4, 0.5) is 0 Å². The second kappa shape index (κ2) is 6.43. The molecule has 0 saturated carbocycles. The number of aryl methyl sites for hydroxylation is 1. The number of H-pyrrole nitrogens is 1. The molecule has 29 heavy (non-hydrogen) atoms. The molecule has 6 heteroatoms. The maximum absolute atomic E-state index is 12.1. The molecule has 0 atom stereocenters. The van der Waals surface area contributed by atoms with Gasteiger partial charge in [0.05, 0.1) is 5.52 Å². The zero-order valence-corrected chi connectivity index (χ0v) is 15.4. The van der Waals surface area contributed by atoms with E-state index in [9.17, 15) is 10.1 Å². The molecule has 0 saturated heterocycles. The highest BCUT2D eigenvalue weighted by Crippen LogP contribution is 2.35. The minimum absolute atomic E-state index is 0.0505. The molecule has 138 valence electrons. The molecule has 4 heterocycles. The highest BCUT2D eigenvalue weighted by Gasteiger charge is 2.16. The van der Waals surface area contributed by atoms with Crippen molar-refractivity contribution in [2.75, 3.05) is 0 Å². The number of hydrogen-bond acceptors (Lipinski definition) is 5. The standard InChI is InChI=1S/C23H14N4O2/c1-13-4-7-20(29-13)21-18(14-5-6-19-15(9-14)3-2-8-25-19)11-16-10-17(12-24)23(28)27-22(16)26-21/h2-11H,1H3,(H,26,27,28). The number of nitriles is 1. The van der Waals surface area contributed by atoms with Gasteiger partial charge in [0.1, 0.15) is 28.7 Å². The quantitative estimate of drug-likeness (QED) is 0.485. The SMILES string of the molecule is Cc1ccc(-c2nc3[nH]c(=O)c(C#N)cc3cc2-c2ccc3ncccc3c2)o1. The second-order valence-electron chi connectivity index (χ2n) is 6.77. The van der Waals surface area contributed by atoms with Crippen molar-refractivity contribution in [1.29, 1.82) is 5.26 Å². The first kappa shape index (κ1) is 16.9. The average Bonchev–Trinajstić information content (AvgIpc) is 3.18. The number of benzene rings is 1. The molecular formula is C23H14N4O2. The van der Waals surface area contributed by atoms with Gasteiger partial charge in [-0.15, -0.1) is 0 Å². The fourth-order valence-electron chi connectivity index (χ4n) is 3.43. The Kier molecular flexibility index (Phi) is 3.75. The zero-order valence-electron chi connectivity index (χ0n) is 15.4. The first-order valence-electron chi connectivity index (χ1n) is 9.02. The molecule has 0 spiro atoms. The predicted octanol–water partition coefficient (Wildman–Crippen LogP) is 4.58. The molecule has 0 fully saturated rings. The summed E-state index contributed by atoms with van der Waals surface area (Å²) < 4.78 is 5.82. The molecule has 1 N–H and O–H groups in total. The summed E-state index contributed by atoms with van der Waals surface area (Å²) >= 11 is 0. The van der Waals surface area contributed by atoms with Gasteiger partial charge in [-0.3, -0.25) is 9.78 Å². The van der Waals surface area contributed by atoms with Crippen LogP contribution in [0.2, 0.25) is 0 Å². The molecule has 0 radical (unpaired) electrons. The second-order valence-corrected chi connectivity index (χ2v) is 6.77. The van der Waals surface area contributed by atoms with E-state index in [0.717, 1.165) is 27.8 Å². The van der Waals surface area contributed by atoms with Crippen LogP contribution in [-0.4, -0.2) is 15.0 Å². The number of aromatic nitrogens is 3. The van der Waals surface area contributed by atoms with E-state index in [4.69, 9.17) is 4.42 Å². The molecule has 6 nitrogen and oxygen atoms in total. The summed E-state index contributed by atoms with van der Waals surface area (Å²) in [6, 6.07) is 19.0. The summed E-state index contributed by atoms with van der Waals surface area (Å²) in [5.41, 5.74) is 3.30. The number of furan rings is 1. The fraction of sp³-hybridized carbons (Fsp3) is 0.0435. The number of nitrogens with zero attached hydrogens (tertiary/aromatic N) is 3. The van der Waals surface area contributed by atoms with Crippen LogP contribution in [0.5, 0.6) is 0 Å². The van der Waals surface area contributed by atoms with E-state index in [1.807, 2.05) is 61.5 Å². The molecule has 0 bridgehead atoms. The molecule has 0 unspecified atom stereocenters. The number of nitrogens with one attached hydrogen (secondary N) is 1. The lowest BCUT2D eigenvalue weighted by Crippen LogP contribution is -2.10. The summed E-state index contributed by atoms with van der Waals surface area (Å²) in [6.45, 7) is 1.87. The van der Waals surface area contributed by atoms with Gasteiger partial charge in [-0.25, -0.2) is 4.98 Å². The number of aromatic amines is 1. The van der Waals surface area contributed by atoms with Crippen LogP contribution in [0.1, 0.15) is 11.3 Å².